The Morgan fingerprint density at radius 3 is 2.52 bits per heavy atom. The number of Topliss-reactive ketones (excluding diaryl/α,β-unsaturated/α-hetero) is 1. The van der Waals surface area contributed by atoms with E-state index in [1.54, 1.807) is 12.1 Å². The molecule has 5 nitrogen and oxygen atoms in total. The lowest BCUT2D eigenvalue weighted by Crippen LogP contribution is -2.42. The van der Waals surface area contributed by atoms with Gasteiger partial charge in [0, 0.05) is 5.56 Å². The standard InChI is InChI=1S/C22H22N2O3/c1-14(2)15-7-9-17(10-8-15)19(25)13-24-20(26)22(23-21(24)27)12-11-16-5-3-4-6-18(16)22/h3-10,14H,11-13H2,1-2H3,(H,23,27)/t22-/m0/s1. The summed E-state index contributed by atoms with van der Waals surface area (Å²) in [6.45, 7) is 3.93. The van der Waals surface area contributed by atoms with Crippen LogP contribution < -0.4 is 5.32 Å². The van der Waals surface area contributed by atoms with Gasteiger partial charge in [0.25, 0.3) is 5.91 Å². The van der Waals surface area contributed by atoms with Crippen molar-refractivity contribution >= 4 is 17.7 Å². The fraction of sp³-hybridized carbons (Fsp3) is 0.318. The molecule has 0 bridgehead atoms. The van der Waals surface area contributed by atoms with E-state index in [0.29, 0.717) is 17.9 Å². The maximum atomic E-state index is 13.1. The van der Waals surface area contributed by atoms with Crippen molar-refractivity contribution in [1.82, 2.24) is 10.2 Å². The average Bonchev–Trinajstić information content (AvgIpc) is 3.15. The van der Waals surface area contributed by atoms with Crippen molar-refractivity contribution in [2.24, 2.45) is 0 Å². The van der Waals surface area contributed by atoms with Crippen LogP contribution in [0.1, 0.15) is 53.2 Å². The summed E-state index contributed by atoms with van der Waals surface area (Å²) in [5.74, 6) is -0.191. The zero-order valence-corrected chi connectivity index (χ0v) is 15.5. The molecule has 2 aromatic carbocycles. The number of carbonyl (C=O) groups is 3. The summed E-state index contributed by atoms with van der Waals surface area (Å²) in [5, 5.41) is 2.85. The molecule has 1 N–H and O–H groups in total. The minimum absolute atomic E-state index is 0.239. The summed E-state index contributed by atoms with van der Waals surface area (Å²) < 4.78 is 0. The molecule has 2 aliphatic rings. The van der Waals surface area contributed by atoms with Crippen LogP contribution in [0.25, 0.3) is 0 Å². The van der Waals surface area contributed by atoms with Crippen molar-refractivity contribution in [3.63, 3.8) is 0 Å². The van der Waals surface area contributed by atoms with Crippen molar-refractivity contribution in [2.45, 2.75) is 38.1 Å². The molecule has 0 radical (unpaired) electrons. The Morgan fingerprint density at radius 2 is 1.81 bits per heavy atom. The molecule has 0 aromatic heterocycles. The first kappa shape index (κ1) is 17.5. The van der Waals surface area contributed by atoms with Gasteiger partial charge in [-0.1, -0.05) is 62.4 Å². The lowest BCUT2D eigenvalue weighted by Gasteiger charge is -2.22. The lowest BCUT2D eigenvalue weighted by molar-refractivity contribution is -0.131. The van der Waals surface area contributed by atoms with Crippen molar-refractivity contribution in [2.75, 3.05) is 6.54 Å². The van der Waals surface area contributed by atoms with Crippen LogP contribution in [0.3, 0.4) is 0 Å². The van der Waals surface area contributed by atoms with E-state index in [4.69, 9.17) is 0 Å². The molecule has 1 aliphatic heterocycles. The van der Waals surface area contributed by atoms with Gasteiger partial charge in [0.05, 0.1) is 6.54 Å². The zero-order valence-electron chi connectivity index (χ0n) is 15.5. The van der Waals surface area contributed by atoms with Gasteiger partial charge >= 0.3 is 6.03 Å². The molecule has 1 atom stereocenters. The Morgan fingerprint density at radius 1 is 1.11 bits per heavy atom. The SMILES string of the molecule is CC(C)c1ccc(C(=O)CN2C(=O)N[C@]3(CCc4ccccc43)C2=O)cc1. The smallest absolute Gasteiger partial charge is 0.319 e. The van der Waals surface area contributed by atoms with Gasteiger partial charge in [-0.05, 0) is 35.4 Å². The molecule has 0 saturated carbocycles. The van der Waals surface area contributed by atoms with E-state index in [0.717, 1.165) is 28.0 Å². The van der Waals surface area contributed by atoms with E-state index < -0.39 is 11.6 Å². The van der Waals surface area contributed by atoms with Crippen LogP contribution in [-0.4, -0.2) is 29.2 Å². The number of benzene rings is 2. The molecular weight excluding hydrogens is 340 g/mol. The average molecular weight is 362 g/mol. The Hall–Kier alpha value is -2.95. The molecule has 1 saturated heterocycles. The maximum Gasteiger partial charge on any atom is 0.325 e. The van der Waals surface area contributed by atoms with Gasteiger partial charge in [-0.3, -0.25) is 14.5 Å². The van der Waals surface area contributed by atoms with Crippen LogP contribution in [0, 0.1) is 0 Å². The number of nitrogens with zero attached hydrogens (tertiary/aromatic N) is 1. The van der Waals surface area contributed by atoms with Gasteiger partial charge in [-0.25, -0.2) is 4.79 Å². The number of fused-ring (bicyclic) bond motifs is 2. The van der Waals surface area contributed by atoms with Crippen LogP contribution in [0.4, 0.5) is 4.79 Å². The minimum atomic E-state index is -1.02. The first-order valence-electron chi connectivity index (χ1n) is 9.28. The van der Waals surface area contributed by atoms with E-state index in [-0.39, 0.29) is 18.2 Å². The van der Waals surface area contributed by atoms with Gasteiger partial charge in [0.15, 0.2) is 5.78 Å². The van der Waals surface area contributed by atoms with E-state index in [1.807, 2.05) is 36.4 Å². The van der Waals surface area contributed by atoms with Crippen LogP contribution in [0.2, 0.25) is 0 Å². The molecular formula is C22H22N2O3. The topological polar surface area (TPSA) is 66.5 Å². The highest BCUT2D eigenvalue weighted by atomic mass is 16.2. The molecule has 3 amide bonds. The van der Waals surface area contributed by atoms with Gasteiger partial charge in [-0.15, -0.1) is 0 Å². The fourth-order valence-electron chi connectivity index (χ4n) is 4.02. The minimum Gasteiger partial charge on any atom is -0.319 e. The molecule has 2 aromatic rings. The molecule has 1 heterocycles. The van der Waals surface area contributed by atoms with Crippen LogP contribution in [0.15, 0.2) is 48.5 Å². The van der Waals surface area contributed by atoms with Crippen LogP contribution >= 0.6 is 0 Å². The van der Waals surface area contributed by atoms with Crippen LogP contribution in [0.5, 0.6) is 0 Å². The number of hydrogen-bond acceptors (Lipinski definition) is 3. The second-order valence-electron chi connectivity index (χ2n) is 7.58. The molecule has 138 valence electrons. The van der Waals surface area contributed by atoms with E-state index >= 15 is 0 Å². The normalized spacial score (nSPS) is 21.1. The number of nitrogens with one attached hydrogen (secondary N) is 1. The quantitative estimate of drug-likeness (QED) is 0.670. The first-order chi connectivity index (χ1) is 12.9. The Labute approximate surface area is 158 Å². The summed E-state index contributed by atoms with van der Waals surface area (Å²) in [5.41, 5.74) is 2.55. The number of ketones is 1. The first-order valence-corrected chi connectivity index (χ1v) is 9.28. The Balaban J connectivity index is 1.56. The highest BCUT2D eigenvalue weighted by Gasteiger charge is 2.55. The van der Waals surface area contributed by atoms with Gasteiger partial charge in [0.2, 0.25) is 0 Å². The van der Waals surface area contributed by atoms with Gasteiger partial charge < -0.3 is 5.32 Å². The third-order valence-electron chi connectivity index (χ3n) is 5.62. The van der Waals surface area contributed by atoms with Crippen LogP contribution in [-0.2, 0) is 16.8 Å². The number of urea groups is 1. The van der Waals surface area contributed by atoms with E-state index in [1.165, 1.54) is 0 Å². The predicted octanol–water partition coefficient (Wildman–Crippen LogP) is 3.39. The number of carbonyl (C=O) groups excluding carboxylic acids is 3. The van der Waals surface area contributed by atoms with Gasteiger partial charge in [-0.2, -0.15) is 0 Å². The number of hydrogen-bond donors (Lipinski definition) is 1. The maximum absolute atomic E-state index is 13.1. The van der Waals surface area contributed by atoms with Gasteiger partial charge in [0.1, 0.15) is 5.54 Å². The summed E-state index contributed by atoms with van der Waals surface area (Å²) in [6.07, 6.45) is 1.27. The van der Waals surface area contributed by atoms with Crippen molar-refractivity contribution in [1.29, 1.82) is 0 Å². The molecule has 1 fully saturated rings. The second-order valence-corrected chi connectivity index (χ2v) is 7.58. The molecule has 27 heavy (non-hydrogen) atoms. The summed E-state index contributed by atoms with van der Waals surface area (Å²) in [6, 6.07) is 14.5. The number of amides is 3. The monoisotopic (exact) mass is 362 g/mol. The lowest BCUT2D eigenvalue weighted by atomic mass is 9.92. The number of rotatable bonds is 4. The van der Waals surface area contributed by atoms with Crippen molar-refractivity contribution in [3.8, 4) is 0 Å². The second kappa shape index (κ2) is 6.34. The molecule has 5 heteroatoms. The predicted molar refractivity (Wildman–Crippen MR) is 102 cm³/mol. The van der Waals surface area contributed by atoms with Crippen molar-refractivity contribution < 1.29 is 14.4 Å². The number of aryl methyl sites for hydroxylation is 1. The molecule has 1 aliphatic carbocycles. The Bertz CT molecular complexity index is 933. The zero-order chi connectivity index (χ0) is 19.2. The van der Waals surface area contributed by atoms with Crippen molar-refractivity contribution in [3.05, 3.63) is 70.8 Å². The van der Waals surface area contributed by atoms with E-state index in [9.17, 15) is 14.4 Å². The summed E-state index contributed by atoms with van der Waals surface area (Å²) in [7, 11) is 0. The molecule has 0 unspecified atom stereocenters. The fourth-order valence-corrected chi connectivity index (χ4v) is 4.02. The third kappa shape index (κ3) is 2.74. The molecule has 1 spiro atoms. The summed E-state index contributed by atoms with van der Waals surface area (Å²) in [4.78, 5) is 39.3. The highest BCUT2D eigenvalue weighted by molar-refractivity contribution is 6.11. The number of imide groups is 1. The van der Waals surface area contributed by atoms with E-state index in [2.05, 4.69) is 19.2 Å². The summed E-state index contributed by atoms with van der Waals surface area (Å²) >= 11 is 0. The third-order valence-corrected chi connectivity index (χ3v) is 5.62. The highest BCUT2D eigenvalue weighted by Crippen LogP contribution is 2.41. The molecule has 4 rings (SSSR count). The largest absolute Gasteiger partial charge is 0.325 e. The Kier molecular flexibility index (Phi) is 4.10.